The van der Waals surface area contributed by atoms with E-state index in [1.807, 2.05) is 13.8 Å². The van der Waals surface area contributed by atoms with Crippen LogP contribution in [0.5, 0.6) is 23.0 Å². The Balaban J connectivity index is 2.41. The molecule has 0 saturated carbocycles. The molecule has 0 aliphatic rings. The Morgan fingerprint density at radius 3 is 2.14 bits per heavy atom. The average Bonchev–Trinajstić information content (AvgIpc) is 2.80. The van der Waals surface area contributed by atoms with Crippen molar-refractivity contribution < 1.29 is 28.5 Å². The van der Waals surface area contributed by atoms with Gasteiger partial charge in [-0.25, -0.2) is 0 Å². The van der Waals surface area contributed by atoms with E-state index in [4.69, 9.17) is 42.1 Å². The SMILES string of the molecule is CCOc1cc(NC(=O)C(N=Nc2c(Cl)ccc(OCC)c2OCC)C(C)=O)c(Cl)c(OCC)c1. The van der Waals surface area contributed by atoms with Crippen molar-refractivity contribution in [3.8, 4) is 23.0 Å². The summed E-state index contributed by atoms with van der Waals surface area (Å²) in [5, 5.41) is 11.1. The number of benzene rings is 2. The molecule has 1 amide bonds. The van der Waals surface area contributed by atoms with Gasteiger partial charge in [-0.2, -0.15) is 5.11 Å². The van der Waals surface area contributed by atoms with Gasteiger partial charge in [-0.05, 0) is 46.8 Å². The van der Waals surface area contributed by atoms with Gasteiger partial charge in [0.25, 0.3) is 5.91 Å². The van der Waals surface area contributed by atoms with Crippen molar-refractivity contribution in [3.05, 3.63) is 34.3 Å². The topological polar surface area (TPSA) is 108 Å². The summed E-state index contributed by atoms with van der Waals surface area (Å²) in [5.41, 5.74) is 0.354. The molecule has 1 unspecified atom stereocenters. The summed E-state index contributed by atoms with van der Waals surface area (Å²) in [6.45, 7) is 9.93. The zero-order valence-corrected chi connectivity index (χ0v) is 21.8. The highest BCUT2D eigenvalue weighted by molar-refractivity contribution is 6.35. The Morgan fingerprint density at radius 1 is 0.914 bits per heavy atom. The number of nitrogens with one attached hydrogen (secondary N) is 1. The van der Waals surface area contributed by atoms with E-state index in [0.717, 1.165) is 0 Å². The molecular weight excluding hydrogens is 497 g/mol. The third-order valence-corrected chi connectivity index (χ3v) is 5.12. The summed E-state index contributed by atoms with van der Waals surface area (Å²) in [5.74, 6) is 0.175. The Bertz CT molecular complexity index is 1080. The molecule has 0 heterocycles. The Kier molecular flexibility index (Phi) is 11.1. The highest BCUT2D eigenvalue weighted by atomic mass is 35.5. The second-order valence-corrected chi connectivity index (χ2v) is 7.74. The maximum atomic E-state index is 13.0. The molecule has 35 heavy (non-hydrogen) atoms. The minimum absolute atomic E-state index is 0.147. The maximum Gasteiger partial charge on any atom is 0.258 e. The molecule has 0 aromatic heterocycles. The van der Waals surface area contributed by atoms with Crippen molar-refractivity contribution >= 4 is 46.3 Å². The van der Waals surface area contributed by atoms with E-state index in [-0.39, 0.29) is 27.2 Å². The molecule has 0 aliphatic heterocycles. The second-order valence-electron chi connectivity index (χ2n) is 6.96. The van der Waals surface area contributed by atoms with Gasteiger partial charge < -0.3 is 24.3 Å². The summed E-state index contributed by atoms with van der Waals surface area (Å²) >= 11 is 12.7. The maximum absolute atomic E-state index is 13.0. The van der Waals surface area contributed by atoms with E-state index in [2.05, 4.69) is 15.5 Å². The normalized spacial score (nSPS) is 11.7. The van der Waals surface area contributed by atoms with Gasteiger partial charge in [0.05, 0.1) is 37.1 Å². The Labute approximate surface area is 214 Å². The van der Waals surface area contributed by atoms with Crippen molar-refractivity contribution in [2.24, 2.45) is 10.2 Å². The van der Waals surface area contributed by atoms with E-state index in [0.29, 0.717) is 43.7 Å². The number of nitrogens with zero attached hydrogens (tertiary/aromatic N) is 2. The first-order valence-corrected chi connectivity index (χ1v) is 11.9. The van der Waals surface area contributed by atoms with E-state index in [1.165, 1.54) is 13.0 Å². The highest BCUT2D eigenvalue weighted by Crippen LogP contribution is 2.43. The molecule has 1 atom stereocenters. The number of halogens is 2. The van der Waals surface area contributed by atoms with Crippen molar-refractivity contribution in [2.45, 2.75) is 40.7 Å². The smallest absolute Gasteiger partial charge is 0.258 e. The van der Waals surface area contributed by atoms with Crippen molar-refractivity contribution in [3.63, 3.8) is 0 Å². The van der Waals surface area contributed by atoms with Crippen LogP contribution >= 0.6 is 23.2 Å². The first-order chi connectivity index (χ1) is 16.8. The summed E-state index contributed by atoms with van der Waals surface area (Å²) in [7, 11) is 0. The number of rotatable bonds is 13. The zero-order valence-electron chi connectivity index (χ0n) is 20.3. The van der Waals surface area contributed by atoms with Gasteiger partial charge in [-0.1, -0.05) is 23.2 Å². The van der Waals surface area contributed by atoms with Crippen LogP contribution < -0.4 is 24.3 Å². The van der Waals surface area contributed by atoms with Crippen LogP contribution in [-0.4, -0.2) is 44.2 Å². The number of hydrogen-bond donors (Lipinski definition) is 1. The molecular formula is C24H29Cl2N3O6. The number of ketones is 1. The Morgan fingerprint density at radius 2 is 1.54 bits per heavy atom. The van der Waals surface area contributed by atoms with Crippen LogP contribution in [0.25, 0.3) is 0 Å². The fraction of sp³-hybridized carbons (Fsp3) is 0.417. The van der Waals surface area contributed by atoms with Gasteiger partial charge >= 0.3 is 0 Å². The first kappa shape index (κ1) is 28.2. The van der Waals surface area contributed by atoms with Gasteiger partial charge in [0.1, 0.15) is 22.2 Å². The predicted octanol–water partition coefficient (Wildman–Crippen LogP) is 6.27. The van der Waals surface area contributed by atoms with Crippen LogP contribution in [0.4, 0.5) is 11.4 Å². The molecule has 9 nitrogen and oxygen atoms in total. The lowest BCUT2D eigenvalue weighted by molar-refractivity contribution is -0.126. The van der Waals surface area contributed by atoms with Gasteiger partial charge in [0.2, 0.25) is 6.04 Å². The summed E-state index contributed by atoms with van der Waals surface area (Å²) in [6.07, 6.45) is 0. The quantitative estimate of drug-likeness (QED) is 0.244. The largest absolute Gasteiger partial charge is 0.494 e. The Hall–Kier alpha value is -3.04. The summed E-state index contributed by atoms with van der Waals surface area (Å²) < 4.78 is 22.3. The molecule has 0 aliphatic carbocycles. The molecule has 0 saturated heterocycles. The number of anilines is 1. The zero-order chi connectivity index (χ0) is 26.0. The number of carbonyl (C=O) groups excluding carboxylic acids is 2. The minimum atomic E-state index is -1.47. The number of Topliss-reactive ketones (excluding diaryl/α,β-unsaturated/α-hetero) is 1. The van der Waals surface area contributed by atoms with E-state index >= 15 is 0 Å². The molecule has 190 valence electrons. The lowest BCUT2D eigenvalue weighted by Gasteiger charge is -2.16. The van der Waals surface area contributed by atoms with Crippen LogP contribution in [0, 0.1) is 0 Å². The van der Waals surface area contributed by atoms with Crippen molar-refractivity contribution in [2.75, 3.05) is 31.7 Å². The molecule has 2 rings (SSSR count). The third kappa shape index (κ3) is 7.47. The van der Waals surface area contributed by atoms with Crippen LogP contribution in [0.15, 0.2) is 34.5 Å². The molecule has 0 radical (unpaired) electrons. The lowest BCUT2D eigenvalue weighted by Crippen LogP contribution is -2.32. The van der Waals surface area contributed by atoms with Crippen molar-refractivity contribution in [1.82, 2.24) is 0 Å². The highest BCUT2D eigenvalue weighted by Gasteiger charge is 2.26. The van der Waals surface area contributed by atoms with Crippen molar-refractivity contribution in [1.29, 1.82) is 0 Å². The second kappa shape index (κ2) is 13.7. The fourth-order valence-corrected chi connectivity index (χ4v) is 3.38. The predicted molar refractivity (Wildman–Crippen MR) is 135 cm³/mol. The van der Waals surface area contributed by atoms with Crippen LogP contribution in [0.1, 0.15) is 34.6 Å². The fourth-order valence-electron chi connectivity index (χ4n) is 2.98. The molecule has 0 bridgehead atoms. The van der Waals surface area contributed by atoms with Gasteiger partial charge in [-0.15, -0.1) is 5.11 Å². The number of ether oxygens (including phenoxy) is 4. The minimum Gasteiger partial charge on any atom is -0.494 e. The number of carbonyl (C=O) groups is 2. The number of amides is 1. The molecule has 0 spiro atoms. The van der Waals surface area contributed by atoms with Gasteiger partial charge in [-0.3, -0.25) is 9.59 Å². The van der Waals surface area contributed by atoms with E-state index in [9.17, 15) is 9.59 Å². The van der Waals surface area contributed by atoms with Crippen LogP contribution in [0.3, 0.4) is 0 Å². The number of hydrogen-bond acceptors (Lipinski definition) is 8. The molecule has 2 aromatic rings. The summed E-state index contributed by atoms with van der Waals surface area (Å²) in [6, 6.07) is 4.90. The average molecular weight is 526 g/mol. The van der Waals surface area contributed by atoms with Gasteiger partial charge in [0.15, 0.2) is 17.3 Å². The molecule has 0 fully saturated rings. The van der Waals surface area contributed by atoms with Crippen LogP contribution in [0.2, 0.25) is 10.0 Å². The van der Waals surface area contributed by atoms with Gasteiger partial charge in [0, 0.05) is 12.1 Å². The lowest BCUT2D eigenvalue weighted by atomic mass is 10.2. The standard InChI is InChI=1S/C24H29Cl2N3O6/c1-6-32-15-12-17(20(26)19(13-15)34-8-3)27-24(31)21(14(5)30)28-29-22-16(25)10-11-18(33-7-2)23(22)35-9-4/h10-13,21H,6-9H2,1-5H3,(H,27,31). The van der Waals surface area contributed by atoms with E-state index < -0.39 is 17.7 Å². The third-order valence-electron chi connectivity index (χ3n) is 4.42. The first-order valence-electron chi connectivity index (χ1n) is 11.2. The number of azo groups is 1. The molecule has 11 heteroatoms. The molecule has 1 N–H and O–H groups in total. The van der Waals surface area contributed by atoms with Crippen LogP contribution in [-0.2, 0) is 9.59 Å². The monoisotopic (exact) mass is 525 g/mol. The van der Waals surface area contributed by atoms with E-state index in [1.54, 1.807) is 32.0 Å². The summed E-state index contributed by atoms with van der Waals surface area (Å²) in [4.78, 5) is 25.3. The molecule has 2 aromatic carbocycles.